The lowest BCUT2D eigenvalue weighted by molar-refractivity contribution is 0.715. The van der Waals surface area contributed by atoms with Gasteiger partial charge in [-0.05, 0) is 31.4 Å². The van der Waals surface area contributed by atoms with Crippen molar-refractivity contribution in [1.29, 1.82) is 0 Å². The SMILES string of the molecule is CCNc1nc(Cn2cccc(C)c2=O)nc2sccc12. The molecule has 1 N–H and O–H groups in total. The number of thiophene rings is 1. The maximum Gasteiger partial charge on any atom is 0.253 e. The molecule has 3 heterocycles. The maximum absolute atomic E-state index is 12.1. The highest BCUT2D eigenvalue weighted by molar-refractivity contribution is 7.16. The molecule has 0 aliphatic carbocycles. The fraction of sp³-hybridized carbons (Fsp3) is 0.267. The van der Waals surface area contributed by atoms with Gasteiger partial charge in [0.2, 0.25) is 0 Å². The Balaban J connectivity index is 2.04. The molecule has 0 spiro atoms. The second-order valence-corrected chi connectivity index (χ2v) is 5.68. The van der Waals surface area contributed by atoms with Crippen molar-refractivity contribution >= 4 is 27.4 Å². The molecular formula is C15H16N4OS. The number of rotatable bonds is 4. The van der Waals surface area contributed by atoms with Crippen molar-refractivity contribution in [2.45, 2.75) is 20.4 Å². The molecule has 0 unspecified atom stereocenters. The monoisotopic (exact) mass is 300 g/mol. The Labute approximate surface area is 126 Å². The summed E-state index contributed by atoms with van der Waals surface area (Å²) in [5.41, 5.74) is 0.721. The Morgan fingerprint density at radius 3 is 3.00 bits per heavy atom. The Morgan fingerprint density at radius 2 is 2.19 bits per heavy atom. The summed E-state index contributed by atoms with van der Waals surface area (Å²) in [7, 11) is 0. The van der Waals surface area contributed by atoms with E-state index in [2.05, 4.69) is 15.3 Å². The van der Waals surface area contributed by atoms with Gasteiger partial charge in [-0.1, -0.05) is 6.07 Å². The lowest BCUT2D eigenvalue weighted by atomic mass is 10.3. The molecule has 108 valence electrons. The number of aryl methyl sites for hydroxylation is 1. The standard InChI is InChI=1S/C15H16N4OS/c1-3-16-13-11-6-8-21-14(11)18-12(17-13)9-19-7-4-5-10(2)15(19)20/h4-8H,3,9H2,1-2H3,(H,16,17,18). The van der Waals surface area contributed by atoms with Gasteiger partial charge in [0.15, 0.2) is 5.82 Å². The van der Waals surface area contributed by atoms with Gasteiger partial charge < -0.3 is 9.88 Å². The van der Waals surface area contributed by atoms with Crippen LogP contribution in [0, 0.1) is 6.92 Å². The quantitative estimate of drug-likeness (QED) is 0.804. The predicted molar refractivity (Wildman–Crippen MR) is 86.1 cm³/mol. The number of anilines is 1. The van der Waals surface area contributed by atoms with Crippen molar-refractivity contribution in [2.24, 2.45) is 0 Å². The smallest absolute Gasteiger partial charge is 0.253 e. The molecule has 0 saturated heterocycles. The van der Waals surface area contributed by atoms with Gasteiger partial charge in [0.25, 0.3) is 5.56 Å². The molecule has 0 aliphatic rings. The van der Waals surface area contributed by atoms with Crippen LogP contribution in [0.3, 0.4) is 0 Å². The number of pyridine rings is 1. The van der Waals surface area contributed by atoms with E-state index in [1.807, 2.05) is 37.4 Å². The highest BCUT2D eigenvalue weighted by atomic mass is 32.1. The lowest BCUT2D eigenvalue weighted by Crippen LogP contribution is -2.22. The Kier molecular flexibility index (Phi) is 3.70. The van der Waals surface area contributed by atoms with Gasteiger partial charge in [-0.25, -0.2) is 9.97 Å². The molecule has 0 atom stereocenters. The van der Waals surface area contributed by atoms with E-state index in [1.54, 1.807) is 22.1 Å². The van der Waals surface area contributed by atoms with Gasteiger partial charge in [0.05, 0.1) is 11.9 Å². The first-order chi connectivity index (χ1) is 10.2. The van der Waals surface area contributed by atoms with E-state index in [0.29, 0.717) is 12.4 Å². The summed E-state index contributed by atoms with van der Waals surface area (Å²) in [6, 6.07) is 5.69. The van der Waals surface area contributed by atoms with Gasteiger partial charge >= 0.3 is 0 Å². The van der Waals surface area contributed by atoms with Crippen molar-refractivity contribution in [3.63, 3.8) is 0 Å². The van der Waals surface area contributed by atoms with Gasteiger partial charge in [-0.15, -0.1) is 11.3 Å². The van der Waals surface area contributed by atoms with Crippen LogP contribution in [0.15, 0.2) is 34.6 Å². The van der Waals surface area contributed by atoms with Gasteiger partial charge in [0, 0.05) is 18.3 Å². The highest BCUT2D eigenvalue weighted by Crippen LogP contribution is 2.25. The molecule has 5 nitrogen and oxygen atoms in total. The van der Waals surface area contributed by atoms with Crippen LogP contribution < -0.4 is 10.9 Å². The molecule has 0 bridgehead atoms. The van der Waals surface area contributed by atoms with Crippen LogP contribution in [-0.2, 0) is 6.54 Å². The van der Waals surface area contributed by atoms with Gasteiger partial charge in [-0.2, -0.15) is 0 Å². The largest absolute Gasteiger partial charge is 0.370 e. The molecule has 6 heteroatoms. The third-order valence-corrected chi connectivity index (χ3v) is 4.04. The highest BCUT2D eigenvalue weighted by Gasteiger charge is 2.09. The van der Waals surface area contributed by atoms with Crippen molar-refractivity contribution in [3.05, 3.63) is 51.5 Å². The summed E-state index contributed by atoms with van der Waals surface area (Å²) in [4.78, 5) is 22.1. The summed E-state index contributed by atoms with van der Waals surface area (Å²) in [6.45, 7) is 5.02. The van der Waals surface area contributed by atoms with Crippen LogP contribution in [0.25, 0.3) is 10.2 Å². The van der Waals surface area contributed by atoms with Crippen LogP contribution in [0.5, 0.6) is 0 Å². The third-order valence-electron chi connectivity index (χ3n) is 3.24. The number of aromatic nitrogens is 3. The number of nitrogens with zero attached hydrogens (tertiary/aromatic N) is 3. The Morgan fingerprint density at radius 1 is 1.33 bits per heavy atom. The lowest BCUT2D eigenvalue weighted by Gasteiger charge is -2.09. The van der Waals surface area contributed by atoms with Crippen LogP contribution in [-0.4, -0.2) is 21.1 Å². The minimum Gasteiger partial charge on any atom is -0.370 e. The van der Waals surface area contributed by atoms with Crippen molar-refractivity contribution in [2.75, 3.05) is 11.9 Å². The molecule has 3 aromatic heterocycles. The number of hydrogen-bond donors (Lipinski definition) is 1. The van der Waals surface area contributed by atoms with Crippen LogP contribution in [0.2, 0.25) is 0 Å². The molecule has 3 rings (SSSR count). The second kappa shape index (κ2) is 5.65. The normalized spacial score (nSPS) is 11.0. The molecule has 21 heavy (non-hydrogen) atoms. The molecule has 0 aliphatic heterocycles. The minimum absolute atomic E-state index is 0.00243. The van der Waals surface area contributed by atoms with Crippen LogP contribution >= 0.6 is 11.3 Å². The zero-order valence-corrected chi connectivity index (χ0v) is 12.8. The first-order valence-electron chi connectivity index (χ1n) is 6.83. The predicted octanol–water partition coefficient (Wildman–Crippen LogP) is 2.64. The molecule has 0 saturated carbocycles. The van der Waals surface area contributed by atoms with Crippen molar-refractivity contribution in [1.82, 2.24) is 14.5 Å². The summed E-state index contributed by atoms with van der Waals surface area (Å²) in [5.74, 6) is 1.48. The maximum atomic E-state index is 12.1. The third kappa shape index (κ3) is 2.67. The van der Waals surface area contributed by atoms with Gasteiger partial charge in [0.1, 0.15) is 10.6 Å². The van der Waals surface area contributed by atoms with E-state index in [9.17, 15) is 4.79 Å². The van der Waals surface area contributed by atoms with Crippen molar-refractivity contribution < 1.29 is 0 Å². The van der Waals surface area contributed by atoms with Crippen LogP contribution in [0.1, 0.15) is 18.3 Å². The second-order valence-electron chi connectivity index (χ2n) is 4.78. The first-order valence-corrected chi connectivity index (χ1v) is 7.71. The topological polar surface area (TPSA) is 59.8 Å². The van der Waals surface area contributed by atoms with Gasteiger partial charge in [-0.3, -0.25) is 4.79 Å². The van der Waals surface area contributed by atoms with Crippen LogP contribution in [0.4, 0.5) is 5.82 Å². The molecule has 3 aromatic rings. The molecule has 0 fully saturated rings. The van der Waals surface area contributed by atoms with E-state index in [4.69, 9.17) is 0 Å². The summed E-state index contributed by atoms with van der Waals surface area (Å²) >= 11 is 1.58. The van der Waals surface area contributed by atoms with E-state index in [-0.39, 0.29) is 5.56 Å². The number of hydrogen-bond acceptors (Lipinski definition) is 5. The summed E-state index contributed by atoms with van der Waals surface area (Å²) in [5, 5.41) is 6.29. The Hall–Kier alpha value is -2.21. The average molecular weight is 300 g/mol. The number of nitrogens with one attached hydrogen (secondary N) is 1. The van der Waals surface area contributed by atoms with Crippen molar-refractivity contribution in [3.8, 4) is 0 Å². The van der Waals surface area contributed by atoms with E-state index in [0.717, 1.165) is 28.1 Å². The summed E-state index contributed by atoms with van der Waals surface area (Å²) < 4.78 is 1.64. The van der Waals surface area contributed by atoms with E-state index < -0.39 is 0 Å². The molecule has 0 amide bonds. The van der Waals surface area contributed by atoms with E-state index >= 15 is 0 Å². The fourth-order valence-corrected chi connectivity index (χ4v) is 2.99. The zero-order valence-electron chi connectivity index (χ0n) is 12.0. The van der Waals surface area contributed by atoms with E-state index in [1.165, 1.54) is 0 Å². The molecular weight excluding hydrogens is 284 g/mol. The minimum atomic E-state index is -0.00243. The average Bonchev–Trinajstić information content (AvgIpc) is 2.93. The first kappa shape index (κ1) is 13.8. The summed E-state index contributed by atoms with van der Waals surface area (Å²) in [6.07, 6.45) is 1.77. The fourth-order valence-electron chi connectivity index (χ4n) is 2.21. The zero-order chi connectivity index (χ0) is 14.8. The number of fused-ring (bicyclic) bond motifs is 1. The molecule has 0 radical (unpaired) electrons. The molecule has 0 aromatic carbocycles. The Bertz CT molecular complexity index is 837.